The summed E-state index contributed by atoms with van der Waals surface area (Å²) in [5, 5.41) is 11.8. The maximum absolute atomic E-state index is 12.0. The zero-order valence-corrected chi connectivity index (χ0v) is 12.8. The predicted molar refractivity (Wildman–Crippen MR) is 86.6 cm³/mol. The van der Waals surface area contributed by atoms with Crippen LogP contribution in [0.1, 0.15) is 18.9 Å². The lowest BCUT2D eigenvalue weighted by atomic mass is 10.1. The number of hydrogen-bond acceptors (Lipinski definition) is 4. The number of carbonyl (C=O) groups excluding carboxylic acids is 1. The molecule has 3 N–H and O–H groups in total. The molecule has 23 heavy (non-hydrogen) atoms. The molecule has 0 aliphatic rings. The minimum atomic E-state index is -0.424. The topological polar surface area (TPSA) is 111 Å². The number of H-pyrrole nitrogens is 2. The largest absolute Gasteiger partial charge is 0.382 e. The molecule has 7 heteroatoms. The van der Waals surface area contributed by atoms with Crippen molar-refractivity contribution in [1.29, 1.82) is 5.26 Å². The van der Waals surface area contributed by atoms with E-state index < -0.39 is 5.91 Å². The van der Waals surface area contributed by atoms with E-state index in [0.717, 1.165) is 0 Å². The van der Waals surface area contributed by atoms with Crippen LogP contribution in [-0.2, 0) is 9.53 Å². The maximum atomic E-state index is 12.0. The lowest BCUT2D eigenvalue weighted by molar-refractivity contribution is -0.117. The zero-order chi connectivity index (χ0) is 16.7. The highest BCUT2D eigenvalue weighted by molar-refractivity contribution is 6.01. The first kappa shape index (κ1) is 16.5. The molecule has 0 fully saturated rings. The first-order valence-electron chi connectivity index (χ1n) is 7.34. The Morgan fingerprint density at radius 3 is 2.91 bits per heavy atom. The minimum Gasteiger partial charge on any atom is -0.382 e. The van der Waals surface area contributed by atoms with Gasteiger partial charge in [-0.25, -0.2) is 4.79 Å². The van der Waals surface area contributed by atoms with E-state index >= 15 is 0 Å². The SMILES string of the molecule is CCOCCCNC(=O)/C(C#N)=C/c1ccc2[nH]c(=O)[nH]c2c1. The molecule has 0 atom stereocenters. The number of benzene rings is 1. The summed E-state index contributed by atoms with van der Waals surface area (Å²) < 4.78 is 5.18. The van der Waals surface area contributed by atoms with Gasteiger partial charge in [0.1, 0.15) is 11.6 Å². The van der Waals surface area contributed by atoms with Crippen molar-refractivity contribution in [2.45, 2.75) is 13.3 Å². The highest BCUT2D eigenvalue weighted by atomic mass is 16.5. The van der Waals surface area contributed by atoms with Crippen LogP contribution in [0, 0.1) is 11.3 Å². The maximum Gasteiger partial charge on any atom is 0.323 e. The van der Waals surface area contributed by atoms with Gasteiger partial charge in [-0.15, -0.1) is 0 Å². The summed E-state index contributed by atoms with van der Waals surface area (Å²) >= 11 is 0. The summed E-state index contributed by atoms with van der Waals surface area (Å²) in [6.07, 6.45) is 2.18. The summed E-state index contributed by atoms with van der Waals surface area (Å²) in [4.78, 5) is 28.5. The van der Waals surface area contributed by atoms with Crippen LogP contribution in [0.3, 0.4) is 0 Å². The first-order valence-corrected chi connectivity index (χ1v) is 7.34. The third-order valence-electron chi connectivity index (χ3n) is 3.17. The lowest BCUT2D eigenvalue weighted by Crippen LogP contribution is -2.26. The number of ether oxygens (including phenoxy) is 1. The number of nitriles is 1. The molecule has 0 radical (unpaired) electrons. The average molecular weight is 314 g/mol. The first-order chi connectivity index (χ1) is 11.1. The van der Waals surface area contributed by atoms with Gasteiger partial charge in [-0.2, -0.15) is 5.26 Å². The Morgan fingerprint density at radius 1 is 1.39 bits per heavy atom. The highest BCUT2D eigenvalue weighted by Crippen LogP contribution is 2.13. The summed E-state index contributed by atoms with van der Waals surface area (Å²) in [5.74, 6) is -0.424. The molecule has 1 aromatic heterocycles. The Kier molecular flexibility index (Phi) is 5.72. The van der Waals surface area contributed by atoms with Crippen LogP contribution >= 0.6 is 0 Å². The Morgan fingerprint density at radius 2 is 2.17 bits per heavy atom. The molecule has 0 spiro atoms. The number of aromatic nitrogens is 2. The number of carbonyl (C=O) groups is 1. The van der Waals surface area contributed by atoms with Gasteiger partial charge in [-0.1, -0.05) is 6.07 Å². The van der Waals surface area contributed by atoms with E-state index in [4.69, 9.17) is 10.00 Å². The molecule has 0 saturated carbocycles. The molecule has 1 heterocycles. The van der Waals surface area contributed by atoms with Crippen molar-refractivity contribution in [3.05, 3.63) is 39.8 Å². The quantitative estimate of drug-likeness (QED) is 0.406. The van der Waals surface area contributed by atoms with Gasteiger partial charge in [0, 0.05) is 19.8 Å². The Bertz CT molecular complexity index is 811. The summed E-state index contributed by atoms with van der Waals surface area (Å²) in [6.45, 7) is 3.56. The predicted octanol–water partition coefficient (Wildman–Crippen LogP) is 1.31. The monoisotopic (exact) mass is 314 g/mol. The normalized spacial score (nSPS) is 11.4. The lowest BCUT2D eigenvalue weighted by Gasteiger charge is -2.04. The van der Waals surface area contributed by atoms with E-state index in [-0.39, 0.29) is 11.3 Å². The smallest absolute Gasteiger partial charge is 0.323 e. The van der Waals surface area contributed by atoms with E-state index in [0.29, 0.717) is 42.8 Å². The van der Waals surface area contributed by atoms with Crippen LogP contribution < -0.4 is 11.0 Å². The van der Waals surface area contributed by atoms with Crippen molar-refractivity contribution in [1.82, 2.24) is 15.3 Å². The van der Waals surface area contributed by atoms with E-state index in [9.17, 15) is 9.59 Å². The van der Waals surface area contributed by atoms with Crippen molar-refractivity contribution >= 4 is 23.0 Å². The van der Waals surface area contributed by atoms with Crippen LogP contribution in [0.4, 0.5) is 0 Å². The molecule has 1 amide bonds. The number of amides is 1. The van der Waals surface area contributed by atoms with Crippen molar-refractivity contribution in [3.63, 3.8) is 0 Å². The van der Waals surface area contributed by atoms with Gasteiger partial charge in [0.05, 0.1) is 11.0 Å². The fourth-order valence-corrected chi connectivity index (χ4v) is 2.07. The van der Waals surface area contributed by atoms with Crippen molar-refractivity contribution < 1.29 is 9.53 Å². The van der Waals surface area contributed by atoms with Gasteiger partial charge in [0.2, 0.25) is 0 Å². The fraction of sp³-hybridized carbons (Fsp3) is 0.312. The van der Waals surface area contributed by atoms with Crippen molar-refractivity contribution in [2.75, 3.05) is 19.8 Å². The van der Waals surface area contributed by atoms with Crippen LogP contribution in [-0.4, -0.2) is 35.6 Å². The van der Waals surface area contributed by atoms with Crippen molar-refractivity contribution in [3.8, 4) is 6.07 Å². The molecule has 1 aromatic carbocycles. The number of nitrogens with zero attached hydrogens (tertiary/aromatic N) is 1. The number of fused-ring (bicyclic) bond motifs is 1. The number of aromatic amines is 2. The van der Waals surface area contributed by atoms with Gasteiger partial charge in [0.25, 0.3) is 5.91 Å². The number of hydrogen-bond donors (Lipinski definition) is 3. The molecule has 7 nitrogen and oxygen atoms in total. The van der Waals surface area contributed by atoms with Crippen LogP contribution in [0.2, 0.25) is 0 Å². The minimum absolute atomic E-state index is 0.0126. The van der Waals surface area contributed by atoms with Gasteiger partial charge in [0.15, 0.2) is 0 Å². The number of imidazole rings is 1. The molecule has 2 aromatic rings. The van der Waals surface area contributed by atoms with E-state index in [1.807, 2.05) is 13.0 Å². The second-order valence-electron chi connectivity index (χ2n) is 4.86. The van der Waals surface area contributed by atoms with Crippen LogP contribution in [0.25, 0.3) is 17.1 Å². The number of nitrogens with one attached hydrogen (secondary N) is 3. The zero-order valence-electron chi connectivity index (χ0n) is 12.8. The van der Waals surface area contributed by atoms with E-state index in [2.05, 4.69) is 15.3 Å². The standard InChI is InChI=1S/C16H18N4O3/c1-2-23-7-3-6-18-15(21)12(10-17)8-11-4-5-13-14(9-11)20-16(22)19-13/h4-5,8-9H,2-3,6-7H2,1H3,(H,18,21)(H2,19,20,22)/b12-8+. The molecule has 0 aliphatic carbocycles. The second kappa shape index (κ2) is 7.96. The summed E-state index contributed by atoms with van der Waals surface area (Å²) in [6, 6.07) is 7.04. The Balaban J connectivity index is 2.05. The Hall–Kier alpha value is -2.85. The van der Waals surface area contributed by atoms with Gasteiger partial charge < -0.3 is 20.0 Å². The summed E-state index contributed by atoms with van der Waals surface area (Å²) in [7, 11) is 0. The Labute approximate surface area is 133 Å². The van der Waals surface area contributed by atoms with Crippen LogP contribution in [0.5, 0.6) is 0 Å². The van der Waals surface area contributed by atoms with E-state index in [1.54, 1.807) is 18.2 Å². The molecule has 0 unspecified atom stereocenters. The molecule has 0 bridgehead atoms. The average Bonchev–Trinajstić information content (AvgIpc) is 2.91. The second-order valence-corrected chi connectivity index (χ2v) is 4.86. The van der Waals surface area contributed by atoms with Crippen LogP contribution in [0.15, 0.2) is 28.6 Å². The van der Waals surface area contributed by atoms with Crippen molar-refractivity contribution in [2.24, 2.45) is 0 Å². The van der Waals surface area contributed by atoms with E-state index in [1.165, 1.54) is 6.08 Å². The molecule has 0 saturated heterocycles. The molecule has 0 aliphatic heterocycles. The molecule has 2 rings (SSSR count). The van der Waals surface area contributed by atoms with Gasteiger partial charge in [-0.3, -0.25) is 4.79 Å². The van der Waals surface area contributed by atoms with Gasteiger partial charge in [-0.05, 0) is 37.1 Å². The molecular weight excluding hydrogens is 296 g/mol. The fourth-order valence-electron chi connectivity index (χ4n) is 2.07. The number of rotatable bonds is 7. The molecular formula is C16H18N4O3. The third kappa shape index (κ3) is 4.56. The van der Waals surface area contributed by atoms with Gasteiger partial charge >= 0.3 is 5.69 Å². The summed E-state index contributed by atoms with van der Waals surface area (Å²) in [5.41, 5.74) is 1.67. The third-order valence-corrected chi connectivity index (χ3v) is 3.17. The highest BCUT2D eigenvalue weighted by Gasteiger charge is 2.08. The molecule has 120 valence electrons.